The van der Waals surface area contributed by atoms with Gasteiger partial charge in [0.1, 0.15) is 0 Å². The average Bonchev–Trinajstić information content (AvgIpc) is 2.61. The van der Waals surface area contributed by atoms with Gasteiger partial charge in [0.15, 0.2) is 0 Å². The zero-order valence-electron chi connectivity index (χ0n) is 8.18. The Morgan fingerprint density at radius 2 is 1.83 bits per heavy atom. The zero-order chi connectivity index (χ0) is 8.60. The first-order valence-corrected chi connectivity index (χ1v) is 5.49. The molecule has 0 saturated heterocycles. The molecule has 1 nitrogen and oxygen atoms in total. The van der Waals surface area contributed by atoms with Gasteiger partial charge in [0.25, 0.3) is 0 Å². The lowest BCUT2D eigenvalue weighted by atomic mass is 9.84. The van der Waals surface area contributed by atoms with Crippen LogP contribution in [0, 0.1) is 11.8 Å². The summed E-state index contributed by atoms with van der Waals surface area (Å²) in [7, 11) is 0. The number of hydrogen-bond acceptors (Lipinski definition) is 1. The second-order valence-electron chi connectivity index (χ2n) is 5.05. The van der Waals surface area contributed by atoms with Crippen LogP contribution in [0.5, 0.6) is 0 Å². The van der Waals surface area contributed by atoms with Crippen molar-refractivity contribution in [1.82, 2.24) is 0 Å². The van der Waals surface area contributed by atoms with Crippen molar-refractivity contribution in [3.05, 3.63) is 0 Å². The molecule has 0 radical (unpaired) electrons. The predicted octanol–water partition coefficient (Wildman–Crippen LogP) is 2.69. The van der Waals surface area contributed by atoms with Gasteiger partial charge in [0, 0.05) is 5.54 Å². The summed E-state index contributed by atoms with van der Waals surface area (Å²) in [6, 6.07) is 0. The van der Waals surface area contributed by atoms with Gasteiger partial charge in [-0.3, -0.25) is 0 Å². The molecular weight excluding hydrogens is 146 g/mol. The molecule has 2 aliphatic rings. The molecule has 0 spiro atoms. The fourth-order valence-electron chi connectivity index (χ4n) is 2.72. The zero-order valence-corrected chi connectivity index (χ0v) is 8.18. The lowest BCUT2D eigenvalue weighted by Gasteiger charge is -2.24. The van der Waals surface area contributed by atoms with E-state index in [2.05, 4.69) is 6.92 Å². The number of nitrogens with two attached hydrogens (primary N) is 1. The highest BCUT2D eigenvalue weighted by Crippen LogP contribution is 2.47. The molecule has 70 valence electrons. The third-order valence-electron chi connectivity index (χ3n) is 3.90. The van der Waals surface area contributed by atoms with E-state index in [9.17, 15) is 0 Å². The quantitative estimate of drug-likeness (QED) is 0.672. The maximum atomic E-state index is 6.22. The molecule has 0 bridgehead atoms. The molecule has 2 unspecified atom stereocenters. The molecule has 0 heterocycles. The molecule has 0 aromatic rings. The van der Waals surface area contributed by atoms with Crippen molar-refractivity contribution in [2.24, 2.45) is 17.6 Å². The summed E-state index contributed by atoms with van der Waals surface area (Å²) in [5.41, 5.74) is 6.49. The summed E-state index contributed by atoms with van der Waals surface area (Å²) in [6.07, 6.45) is 9.86. The first-order chi connectivity index (χ1) is 5.71. The molecule has 2 atom stereocenters. The molecule has 0 aromatic carbocycles. The monoisotopic (exact) mass is 167 g/mol. The van der Waals surface area contributed by atoms with Crippen LogP contribution in [0.3, 0.4) is 0 Å². The van der Waals surface area contributed by atoms with Crippen molar-refractivity contribution in [2.45, 2.75) is 57.4 Å². The van der Waals surface area contributed by atoms with Crippen molar-refractivity contribution in [1.29, 1.82) is 0 Å². The Balaban J connectivity index is 1.78. The summed E-state index contributed by atoms with van der Waals surface area (Å²) >= 11 is 0. The van der Waals surface area contributed by atoms with E-state index in [1.165, 1.54) is 44.9 Å². The molecule has 2 aliphatic carbocycles. The Bertz CT molecular complexity index is 160. The average molecular weight is 167 g/mol. The summed E-state index contributed by atoms with van der Waals surface area (Å²) < 4.78 is 0. The Morgan fingerprint density at radius 3 is 2.33 bits per heavy atom. The second-order valence-corrected chi connectivity index (χ2v) is 5.05. The van der Waals surface area contributed by atoms with Gasteiger partial charge in [-0.15, -0.1) is 0 Å². The SMILES string of the molecule is CC1CC1(N)CC1CCCCC1. The molecule has 2 fully saturated rings. The highest BCUT2D eigenvalue weighted by atomic mass is 14.8. The highest BCUT2D eigenvalue weighted by Gasteiger charge is 2.48. The van der Waals surface area contributed by atoms with Crippen LogP contribution in [0.25, 0.3) is 0 Å². The predicted molar refractivity (Wildman–Crippen MR) is 51.9 cm³/mol. The number of rotatable bonds is 2. The van der Waals surface area contributed by atoms with E-state index in [0.717, 1.165) is 11.8 Å². The van der Waals surface area contributed by atoms with E-state index >= 15 is 0 Å². The first-order valence-electron chi connectivity index (χ1n) is 5.49. The van der Waals surface area contributed by atoms with Gasteiger partial charge in [-0.25, -0.2) is 0 Å². The van der Waals surface area contributed by atoms with Gasteiger partial charge >= 0.3 is 0 Å². The van der Waals surface area contributed by atoms with Gasteiger partial charge in [-0.1, -0.05) is 39.0 Å². The maximum absolute atomic E-state index is 6.22. The van der Waals surface area contributed by atoms with Crippen LogP contribution < -0.4 is 5.73 Å². The summed E-state index contributed by atoms with van der Waals surface area (Å²) in [6.45, 7) is 2.29. The topological polar surface area (TPSA) is 26.0 Å². The van der Waals surface area contributed by atoms with Crippen LogP contribution in [0.1, 0.15) is 51.9 Å². The third kappa shape index (κ3) is 1.66. The normalized spacial score (nSPS) is 43.0. The van der Waals surface area contributed by atoms with Crippen LogP contribution in [0.15, 0.2) is 0 Å². The van der Waals surface area contributed by atoms with E-state index in [1.807, 2.05) is 0 Å². The molecule has 1 heteroatoms. The van der Waals surface area contributed by atoms with Crippen LogP contribution >= 0.6 is 0 Å². The molecule has 2 N–H and O–H groups in total. The number of hydrogen-bond donors (Lipinski definition) is 1. The molecule has 0 amide bonds. The fraction of sp³-hybridized carbons (Fsp3) is 1.00. The highest BCUT2D eigenvalue weighted by molar-refractivity contribution is 5.06. The van der Waals surface area contributed by atoms with Crippen molar-refractivity contribution in [3.8, 4) is 0 Å². The van der Waals surface area contributed by atoms with Crippen LogP contribution in [0.2, 0.25) is 0 Å². The van der Waals surface area contributed by atoms with Crippen LogP contribution in [-0.4, -0.2) is 5.54 Å². The lowest BCUT2D eigenvalue weighted by molar-refractivity contribution is 0.305. The Hall–Kier alpha value is -0.0400. The van der Waals surface area contributed by atoms with Gasteiger partial charge < -0.3 is 5.73 Å². The van der Waals surface area contributed by atoms with E-state index in [0.29, 0.717) is 0 Å². The molecular formula is C11H21N. The van der Waals surface area contributed by atoms with E-state index in [4.69, 9.17) is 5.73 Å². The van der Waals surface area contributed by atoms with Crippen molar-refractivity contribution < 1.29 is 0 Å². The molecule has 2 saturated carbocycles. The Labute approximate surface area is 75.7 Å². The van der Waals surface area contributed by atoms with Gasteiger partial charge in [-0.2, -0.15) is 0 Å². The fourth-order valence-corrected chi connectivity index (χ4v) is 2.72. The first kappa shape index (κ1) is 8.55. The minimum atomic E-state index is 0.266. The Kier molecular flexibility index (Phi) is 2.16. The van der Waals surface area contributed by atoms with E-state index in [1.54, 1.807) is 0 Å². The van der Waals surface area contributed by atoms with Crippen molar-refractivity contribution >= 4 is 0 Å². The van der Waals surface area contributed by atoms with E-state index < -0.39 is 0 Å². The minimum absolute atomic E-state index is 0.266. The molecule has 0 aliphatic heterocycles. The van der Waals surface area contributed by atoms with Crippen LogP contribution in [0.4, 0.5) is 0 Å². The van der Waals surface area contributed by atoms with E-state index in [-0.39, 0.29) is 5.54 Å². The Morgan fingerprint density at radius 1 is 1.25 bits per heavy atom. The summed E-state index contributed by atoms with van der Waals surface area (Å²) in [4.78, 5) is 0. The smallest absolute Gasteiger partial charge is 0.0186 e. The summed E-state index contributed by atoms with van der Waals surface area (Å²) in [5, 5.41) is 0. The molecule has 2 rings (SSSR count). The van der Waals surface area contributed by atoms with Crippen molar-refractivity contribution in [3.63, 3.8) is 0 Å². The minimum Gasteiger partial charge on any atom is -0.325 e. The van der Waals surface area contributed by atoms with Crippen LogP contribution in [-0.2, 0) is 0 Å². The van der Waals surface area contributed by atoms with Gasteiger partial charge in [-0.05, 0) is 24.7 Å². The van der Waals surface area contributed by atoms with Crippen molar-refractivity contribution in [2.75, 3.05) is 0 Å². The maximum Gasteiger partial charge on any atom is 0.0186 e. The molecule has 12 heavy (non-hydrogen) atoms. The summed E-state index contributed by atoms with van der Waals surface area (Å²) in [5.74, 6) is 1.77. The molecule has 0 aromatic heterocycles. The largest absolute Gasteiger partial charge is 0.325 e. The standard InChI is InChI=1S/C11H21N/c1-9-7-11(9,12)8-10-5-3-2-4-6-10/h9-10H,2-8,12H2,1H3. The van der Waals surface area contributed by atoms with Gasteiger partial charge in [0.05, 0.1) is 0 Å². The van der Waals surface area contributed by atoms with Gasteiger partial charge in [0.2, 0.25) is 0 Å². The second kappa shape index (κ2) is 3.02. The third-order valence-corrected chi connectivity index (χ3v) is 3.90. The lowest BCUT2D eigenvalue weighted by Crippen LogP contribution is -2.28.